The molecule has 0 spiro atoms. The van der Waals surface area contributed by atoms with Gasteiger partial charge in [-0.25, -0.2) is 0 Å². The highest BCUT2D eigenvalue weighted by molar-refractivity contribution is 5.78. The molecule has 1 atom stereocenters. The van der Waals surface area contributed by atoms with E-state index in [2.05, 4.69) is 29.3 Å². The molecule has 152 valence electrons. The number of carbonyl (C=O) groups excluding carboxylic acids is 1. The number of hydrogen-bond donors (Lipinski definition) is 2. The number of rotatable bonds is 9. The van der Waals surface area contributed by atoms with Gasteiger partial charge >= 0.3 is 5.97 Å². The molecule has 1 heterocycles. The fourth-order valence-electron chi connectivity index (χ4n) is 2.80. The molecular formula is C21H29N3O4. The number of nitrogens with one attached hydrogen (secondary N) is 1. The van der Waals surface area contributed by atoms with Gasteiger partial charge in [0.15, 0.2) is 0 Å². The van der Waals surface area contributed by atoms with Crippen LogP contribution in [0.1, 0.15) is 64.8 Å². The van der Waals surface area contributed by atoms with Gasteiger partial charge in [-0.2, -0.15) is 4.98 Å². The highest BCUT2D eigenvalue weighted by Gasteiger charge is 2.32. The second-order valence-corrected chi connectivity index (χ2v) is 7.98. The summed E-state index contributed by atoms with van der Waals surface area (Å²) in [5.41, 5.74) is 1.29. The predicted octanol–water partition coefficient (Wildman–Crippen LogP) is 3.80. The number of carboxylic acids is 1. The van der Waals surface area contributed by atoms with Crippen LogP contribution in [0.25, 0.3) is 11.4 Å². The van der Waals surface area contributed by atoms with E-state index in [-0.39, 0.29) is 24.7 Å². The van der Waals surface area contributed by atoms with Gasteiger partial charge in [0.05, 0.1) is 6.42 Å². The lowest BCUT2D eigenvalue weighted by Crippen LogP contribution is -2.51. The van der Waals surface area contributed by atoms with E-state index < -0.39 is 11.5 Å². The molecule has 7 nitrogen and oxygen atoms in total. The van der Waals surface area contributed by atoms with Crippen LogP contribution in [0.15, 0.2) is 28.8 Å². The Morgan fingerprint density at radius 1 is 1.18 bits per heavy atom. The lowest BCUT2D eigenvalue weighted by Gasteiger charge is -2.33. The molecule has 2 rings (SSSR count). The van der Waals surface area contributed by atoms with Crippen LogP contribution in [0.5, 0.6) is 0 Å². The van der Waals surface area contributed by atoms with Crippen LogP contribution in [-0.2, 0) is 16.0 Å². The fraction of sp³-hybridized carbons (Fsp3) is 0.524. The lowest BCUT2D eigenvalue weighted by molar-refractivity contribution is -0.139. The molecule has 0 aliphatic rings. The van der Waals surface area contributed by atoms with Crippen LogP contribution in [0.2, 0.25) is 0 Å². The summed E-state index contributed by atoms with van der Waals surface area (Å²) in [6.07, 6.45) is 0.313. The average Bonchev–Trinajstić information content (AvgIpc) is 3.08. The van der Waals surface area contributed by atoms with E-state index in [4.69, 9.17) is 9.63 Å². The smallest absolute Gasteiger partial charge is 0.305 e. The highest BCUT2D eigenvalue weighted by Crippen LogP contribution is 2.22. The third-order valence-electron chi connectivity index (χ3n) is 5.09. The zero-order valence-corrected chi connectivity index (χ0v) is 17.2. The molecule has 1 aromatic heterocycles. The minimum Gasteiger partial charge on any atom is -0.481 e. The molecule has 28 heavy (non-hydrogen) atoms. The third kappa shape index (κ3) is 5.65. The van der Waals surface area contributed by atoms with E-state index in [1.807, 2.05) is 38.1 Å². The summed E-state index contributed by atoms with van der Waals surface area (Å²) in [6, 6.07) is 7.99. The van der Waals surface area contributed by atoms with E-state index in [0.717, 1.165) is 5.56 Å². The first-order valence-corrected chi connectivity index (χ1v) is 9.56. The van der Waals surface area contributed by atoms with Crippen molar-refractivity contribution in [3.05, 3.63) is 35.7 Å². The molecule has 0 fully saturated rings. The molecule has 0 aliphatic carbocycles. The van der Waals surface area contributed by atoms with Crippen LogP contribution >= 0.6 is 0 Å². The number of aliphatic carboxylic acids is 1. The minimum atomic E-state index is -0.943. The number of aromatic nitrogens is 2. The van der Waals surface area contributed by atoms with Crippen molar-refractivity contribution < 1.29 is 19.2 Å². The molecule has 1 amide bonds. The summed E-state index contributed by atoms with van der Waals surface area (Å²) in [5.74, 6) is 0.119. The van der Waals surface area contributed by atoms with Crippen LogP contribution in [0, 0.1) is 5.92 Å². The molecule has 2 N–H and O–H groups in total. The molecular weight excluding hydrogens is 358 g/mol. The van der Waals surface area contributed by atoms with E-state index in [1.54, 1.807) is 6.92 Å². The third-order valence-corrected chi connectivity index (χ3v) is 5.09. The van der Waals surface area contributed by atoms with Gasteiger partial charge in [-0.15, -0.1) is 0 Å². The Hall–Kier alpha value is -2.70. The first-order valence-electron chi connectivity index (χ1n) is 9.56. The summed E-state index contributed by atoms with van der Waals surface area (Å²) < 4.78 is 5.25. The number of hydrogen-bond acceptors (Lipinski definition) is 5. The lowest BCUT2D eigenvalue weighted by atomic mass is 9.85. The quantitative estimate of drug-likeness (QED) is 0.678. The van der Waals surface area contributed by atoms with Gasteiger partial charge in [-0.05, 0) is 24.3 Å². The number of amides is 1. The van der Waals surface area contributed by atoms with E-state index in [9.17, 15) is 9.59 Å². The maximum atomic E-state index is 12.3. The Kier molecular flexibility index (Phi) is 6.94. The Balaban J connectivity index is 1.96. The fourth-order valence-corrected chi connectivity index (χ4v) is 2.80. The SMILES string of the molecule is CC(C)c1ccc(-c2noc(CCC(=O)NC(C)(CC(=O)O)C(C)C)n2)cc1. The second-order valence-electron chi connectivity index (χ2n) is 7.98. The Morgan fingerprint density at radius 2 is 1.82 bits per heavy atom. The molecule has 1 unspecified atom stereocenters. The number of carboxylic acid groups (broad SMARTS) is 1. The van der Waals surface area contributed by atoms with Crippen molar-refractivity contribution in [1.82, 2.24) is 15.5 Å². The first-order chi connectivity index (χ1) is 13.1. The monoisotopic (exact) mass is 387 g/mol. The van der Waals surface area contributed by atoms with Crippen molar-refractivity contribution in [3.63, 3.8) is 0 Å². The van der Waals surface area contributed by atoms with Crippen molar-refractivity contribution in [2.24, 2.45) is 5.92 Å². The Bertz CT molecular complexity index is 811. The maximum absolute atomic E-state index is 12.3. The predicted molar refractivity (Wildman–Crippen MR) is 106 cm³/mol. The first kappa shape index (κ1) is 21.6. The van der Waals surface area contributed by atoms with E-state index in [1.165, 1.54) is 5.56 Å². The summed E-state index contributed by atoms with van der Waals surface area (Å²) in [5, 5.41) is 15.9. The van der Waals surface area contributed by atoms with Crippen LogP contribution in [-0.4, -0.2) is 32.7 Å². The summed E-state index contributed by atoms with van der Waals surface area (Å²) >= 11 is 0. The Labute approximate surface area is 165 Å². The average molecular weight is 387 g/mol. The normalized spacial score (nSPS) is 13.5. The molecule has 0 saturated carbocycles. The van der Waals surface area contributed by atoms with Crippen molar-refractivity contribution in [3.8, 4) is 11.4 Å². The number of aryl methyl sites for hydroxylation is 1. The topological polar surface area (TPSA) is 105 Å². The van der Waals surface area contributed by atoms with Gasteiger partial charge in [-0.1, -0.05) is 57.1 Å². The van der Waals surface area contributed by atoms with Crippen molar-refractivity contribution in [2.45, 2.75) is 65.3 Å². The molecule has 2 aromatic rings. The molecule has 0 aliphatic heterocycles. The van der Waals surface area contributed by atoms with Crippen LogP contribution < -0.4 is 5.32 Å². The van der Waals surface area contributed by atoms with Gasteiger partial charge in [-0.3, -0.25) is 9.59 Å². The molecule has 0 bridgehead atoms. The second kappa shape index (κ2) is 8.99. The van der Waals surface area contributed by atoms with Crippen molar-refractivity contribution >= 4 is 11.9 Å². The standard InChI is InChI=1S/C21H29N3O4/c1-13(2)15-6-8-16(9-7-15)20-22-18(28-24-20)11-10-17(25)23-21(5,14(3)4)12-19(26)27/h6-9,13-14H,10-12H2,1-5H3,(H,23,25)(H,26,27). The van der Waals surface area contributed by atoms with Crippen LogP contribution in [0.3, 0.4) is 0 Å². The van der Waals surface area contributed by atoms with Crippen molar-refractivity contribution in [2.75, 3.05) is 0 Å². The summed E-state index contributed by atoms with van der Waals surface area (Å²) in [6.45, 7) is 9.78. The Morgan fingerprint density at radius 3 is 2.36 bits per heavy atom. The number of benzene rings is 1. The molecule has 0 radical (unpaired) electrons. The van der Waals surface area contributed by atoms with Gasteiger partial charge in [0.2, 0.25) is 17.6 Å². The maximum Gasteiger partial charge on any atom is 0.305 e. The van der Waals surface area contributed by atoms with Crippen molar-refractivity contribution in [1.29, 1.82) is 0 Å². The number of nitrogens with zero attached hydrogens (tertiary/aromatic N) is 2. The zero-order chi connectivity index (χ0) is 20.9. The van der Waals surface area contributed by atoms with E-state index in [0.29, 0.717) is 24.1 Å². The largest absolute Gasteiger partial charge is 0.481 e. The molecule has 0 saturated heterocycles. The molecule has 1 aromatic carbocycles. The number of carbonyl (C=O) groups is 2. The minimum absolute atomic E-state index is 0.0173. The van der Waals surface area contributed by atoms with E-state index >= 15 is 0 Å². The van der Waals surface area contributed by atoms with Gasteiger partial charge in [0, 0.05) is 23.9 Å². The zero-order valence-electron chi connectivity index (χ0n) is 17.2. The summed E-state index contributed by atoms with van der Waals surface area (Å²) in [4.78, 5) is 27.7. The van der Waals surface area contributed by atoms with Gasteiger partial charge in [0.25, 0.3) is 0 Å². The van der Waals surface area contributed by atoms with Gasteiger partial charge in [0.1, 0.15) is 0 Å². The van der Waals surface area contributed by atoms with Gasteiger partial charge < -0.3 is 14.9 Å². The molecule has 7 heteroatoms. The summed E-state index contributed by atoms with van der Waals surface area (Å²) in [7, 11) is 0. The highest BCUT2D eigenvalue weighted by atomic mass is 16.5. The van der Waals surface area contributed by atoms with Crippen LogP contribution in [0.4, 0.5) is 0 Å².